The molecule has 1 aromatic carbocycles. The second kappa shape index (κ2) is 4.97. The van der Waals surface area contributed by atoms with Gasteiger partial charge in [0.25, 0.3) is 0 Å². The quantitative estimate of drug-likeness (QED) is 0.875. The third-order valence-electron chi connectivity index (χ3n) is 2.33. The zero-order valence-corrected chi connectivity index (χ0v) is 10.3. The molecule has 0 spiro atoms. The first-order valence-electron chi connectivity index (χ1n) is 5.20. The molecule has 3 nitrogen and oxygen atoms in total. The maximum Gasteiger partial charge on any atom is 0.418 e. The molecule has 0 radical (unpaired) electrons. The lowest BCUT2D eigenvalue weighted by Crippen LogP contribution is -2.09. The van der Waals surface area contributed by atoms with E-state index in [1.54, 1.807) is 0 Å². The van der Waals surface area contributed by atoms with Gasteiger partial charge < -0.3 is 11.1 Å². The number of nitrogens with one attached hydrogen (secondary N) is 1. The van der Waals surface area contributed by atoms with E-state index in [0.717, 1.165) is 6.07 Å². The third-order valence-corrected chi connectivity index (χ3v) is 2.56. The Morgan fingerprint density at radius 1 is 1.16 bits per heavy atom. The van der Waals surface area contributed by atoms with Crippen LogP contribution in [0.15, 0.2) is 36.7 Å². The number of alkyl halides is 3. The van der Waals surface area contributed by atoms with Crippen molar-refractivity contribution in [3.63, 3.8) is 0 Å². The number of rotatable bonds is 2. The number of nitrogens with zero attached hydrogens (tertiary/aromatic N) is 1. The van der Waals surface area contributed by atoms with Crippen LogP contribution in [0, 0.1) is 0 Å². The van der Waals surface area contributed by atoms with Gasteiger partial charge in [-0.1, -0.05) is 11.6 Å². The minimum atomic E-state index is -4.50. The number of anilines is 3. The molecule has 0 amide bonds. The normalized spacial score (nSPS) is 11.4. The number of halogens is 4. The van der Waals surface area contributed by atoms with Crippen molar-refractivity contribution in [1.82, 2.24) is 4.98 Å². The highest BCUT2D eigenvalue weighted by molar-refractivity contribution is 6.30. The number of aromatic nitrogens is 1. The minimum Gasteiger partial charge on any atom is -0.397 e. The summed E-state index contributed by atoms with van der Waals surface area (Å²) in [6, 6.07) is 4.98. The average Bonchev–Trinajstić information content (AvgIpc) is 2.30. The molecule has 0 aliphatic heterocycles. The van der Waals surface area contributed by atoms with E-state index in [2.05, 4.69) is 10.3 Å². The lowest BCUT2D eigenvalue weighted by atomic mass is 10.1. The van der Waals surface area contributed by atoms with Gasteiger partial charge in [-0.25, -0.2) is 0 Å². The Morgan fingerprint density at radius 3 is 2.53 bits per heavy atom. The summed E-state index contributed by atoms with van der Waals surface area (Å²) in [6.07, 6.45) is -1.72. The molecule has 0 fully saturated rings. The highest BCUT2D eigenvalue weighted by Crippen LogP contribution is 2.37. The van der Waals surface area contributed by atoms with Crippen LogP contribution in [0.3, 0.4) is 0 Å². The third kappa shape index (κ3) is 3.29. The van der Waals surface area contributed by atoms with Crippen LogP contribution >= 0.6 is 11.6 Å². The molecule has 0 unspecified atom stereocenters. The lowest BCUT2D eigenvalue weighted by Gasteiger charge is -2.15. The number of nitrogen functional groups attached to an aromatic ring is 1. The van der Waals surface area contributed by atoms with Crippen LogP contribution < -0.4 is 11.1 Å². The fourth-order valence-electron chi connectivity index (χ4n) is 1.54. The van der Waals surface area contributed by atoms with E-state index in [9.17, 15) is 13.2 Å². The fourth-order valence-corrected chi connectivity index (χ4v) is 1.71. The van der Waals surface area contributed by atoms with Crippen LogP contribution in [0.25, 0.3) is 0 Å². The van der Waals surface area contributed by atoms with Crippen LogP contribution in [0.4, 0.5) is 30.2 Å². The highest BCUT2D eigenvalue weighted by atomic mass is 35.5. The largest absolute Gasteiger partial charge is 0.418 e. The Kier molecular flexibility index (Phi) is 3.53. The van der Waals surface area contributed by atoms with Crippen molar-refractivity contribution in [2.45, 2.75) is 6.18 Å². The molecular formula is C12H9ClF3N3. The molecular weight excluding hydrogens is 279 g/mol. The molecule has 0 aliphatic carbocycles. The summed E-state index contributed by atoms with van der Waals surface area (Å²) < 4.78 is 38.6. The Hall–Kier alpha value is -1.95. The molecule has 19 heavy (non-hydrogen) atoms. The monoisotopic (exact) mass is 287 g/mol. The van der Waals surface area contributed by atoms with E-state index in [-0.39, 0.29) is 10.7 Å². The van der Waals surface area contributed by atoms with Gasteiger partial charge in [-0.05, 0) is 24.3 Å². The Bertz CT molecular complexity index is 599. The summed E-state index contributed by atoms with van der Waals surface area (Å²) in [6.45, 7) is 0. The number of nitrogens with two attached hydrogens (primary N) is 1. The van der Waals surface area contributed by atoms with E-state index >= 15 is 0 Å². The van der Waals surface area contributed by atoms with Gasteiger partial charge in [0.1, 0.15) is 0 Å². The zero-order valence-electron chi connectivity index (χ0n) is 9.50. The van der Waals surface area contributed by atoms with E-state index in [0.29, 0.717) is 11.4 Å². The maximum atomic E-state index is 12.9. The predicted molar refractivity (Wildman–Crippen MR) is 68.4 cm³/mol. The van der Waals surface area contributed by atoms with Crippen LogP contribution in [-0.4, -0.2) is 4.98 Å². The van der Waals surface area contributed by atoms with Crippen molar-refractivity contribution < 1.29 is 13.2 Å². The number of hydrogen-bond acceptors (Lipinski definition) is 3. The van der Waals surface area contributed by atoms with Crippen molar-refractivity contribution in [2.24, 2.45) is 0 Å². The molecule has 100 valence electrons. The lowest BCUT2D eigenvalue weighted by molar-refractivity contribution is -0.136. The van der Waals surface area contributed by atoms with Gasteiger partial charge in [-0.3, -0.25) is 4.98 Å². The Morgan fingerprint density at radius 2 is 1.89 bits per heavy atom. The molecule has 0 saturated heterocycles. The highest BCUT2D eigenvalue weighted by Gasteiger charge is 2.33. The topological polar surface area (TPSA) is 50.9 Å². The molecule has 2 rings (SSSR count). The van der Waals surface area contributed by atoms with E-state index < -0.39 is 11.7 Å². The van der Waals surface area contributed by atoms with Gasteiger partial charge in [0.2, 0.25) is 0 Å². The summed E-state index contributed by atoms with van der Waals surface area (Å²) in [5, 5.41) is 2.64. The SMILES string of the molecule is Nc1cncc(Nc2ccc(Cl)cc2C(F)(F)F)c1. The van der Waals surface area contributed by atoms with Crippen LogP contribution in [-0.2, 0) is 6.18 Å². The molecule has 1 heterocycles. The van der Waals surface area contributed by atoms with Crippen LogP contribution in [0.2, 0.25) is 5.02 Å². The Balaban J connectivity index is 2.40. The predicted octanol–water partition coefficient (Wildman–Crippen LogP) is 4.08. The van der Waals surface area contributed by atoms with Gasteiger partial charge in [0, 0.05) is 11.2 Å². The first-order valence-corrected chi connectivity index (χ1v) is 5.58. The Labute approximate surface area is 112 Å². The number of pyridine rings is 1. The van der Waals surface area contributed by atoms with E-state index in [1.807, 2.05) is 0 Å². The smallest absolute Gasteiger partial charge is 0.397 e. The molecule has 1 aromatic heterocycles. The van der Waals surface area contributed by atoms with E-state index in [1.165, 1.54) is 30.6 Å². The molecule has 2 aromatic rings. The second-order valence-corrected chi connectivity index (χ2v) is 4.26. The molecule has 0 aliphatic rings. The van der Waals surface area contributed by atoms with Gasteiger partial charge in [0.05, 0.1) is 28.8 Å². The van der Waals surface area contributed by atoms with Gasteiger partial charge in [0.15, 0.2) is 0 Å². The van der Waals surface area contributed by atoms with Crippen molar-refractivity contribution in [3.8, 4) is 0 Å². The summed E-state index contributed by atoms with van der Waals surface area (Å²) >= 11 is 5.59. The summed E-state index contributed by atoms with van der Waals surface area (Å²) in [5.74, 6) is 0. The van der Waals surface area contributed by atoms with Gasteiger partial charge in [-0.2, -0.15) is 13.2 Å². The van der Waals surface area contributed by atoms with Crippen LogP contribution in [0.5, 0.6) is 0 Å². The summed E-state index contributed by atoms with van der Waals surface area (Å²) in [5.41, 5.74) is 5.28. The molecule has 3 N–H and O–H groups in total. The van der Waals surface area contributed by atoms with E-state index in [4.69, 9.17) is 17.3 Å². The van der Waals surface area contributed by atoms with Gasteiger partial charge in [-0.15, -0.1) is 0 Å². The number of hydrogen-bond donors (Lipinski definition) is 2. The molecule has 7 heteroatoms. The van der Waals surface area contributed by atoms with Crippen molar-refractivity contribution in [3.05, 3.63) is 47.2 Å². The van der Waals surface area contributed by atoms with Crippen molar-refractivity contribution >= 4 is 28.7 Å². The first kappa shape index (κ1) is 13.5. The number of benzene rings is 1. The van der Waals surface area contributed by atoms with Gasteiger partial charge >= 0.3 is 6.18 Å². The molecule has 0 saturated carbocycles. The molecule has 0 atom stereocenters. The van der Waals surface area contributed by atoms with Crippen molar-refractivity contribution in [1.29, 1.82) is 0 Å². The second-order valence-electron chi connectivity index (χ2n) is 3.82. The first-order chi connectivity index (χ1) is 8.86. The van der Waals surface area contributed by atoms with Crippen molar-refractivity contribution in [2.75, 3.05) is 11.1 Å². The summed E-state index contributed by atoms with van der Waals surface area (Å²) in [4.78, 5) is 3.79. The summed E-state index contributed by atoms with van der Waals surface area (Å²) in [7, 11) is 0. The van der Waals surface area contributed by atoms with Crippen LogP contribution in [0.1, 0.15) is 5.56 Å². The fraction of sp³-hybridized carbons (Fsp3) is 0.0833. The average molecular weight is 288 g/mol. The zero-order chi connectivity index (χ0) is 14.0. The standard InChI is InChI=1S/C12H9ClF3N3/c13-7-1-2-11(10(3-7)12(14,15)16)19-9-4-8(17)5-18-6-9/h1-6,19H,17H2. The molecule has 0 bridgehead atoms. The maximum absolute atomic E-state index is 12.9. The minimum absolute atomic E-state index is 0.0172.